The minimum absolute atomic E-state index is 0.0967. The molecule has 0 bridgehead atoms. The molecule has 0 amide bonds. The third-order valence-electron chi connectivity index (χ3n) is 4.43. The first kappa shape index (κ1) is 19.6. The highest BCUT2D eigenvalue weighted by molar-refractivity contribution is 7.89. The second-order valence-electron chi connectivity index (χ2n) is 6.53. The van der Waals surface area contributed by atoms with Gasteiger partial charge in [-0.1, -0.05) is 22.9 Å². The van der Waals surface area contributed by atoms with Crippen LogP contribution in [0.4, 0.5) is 13.2 Å². The van der Waals surface area contributed by atoms with Gasteiger partial charge in [-0.25, -0.2) is 31.3 Å². The number of pyridine rings is 1. The number of hydrogen-bond donors (Lipinski definition) is 1. The molecule has 0 aliphatic heterocycles. The highest BCUT2D eigenvalue weighted by atomic mass is 35.5. The first-order valence-electron chi connectivity index (χ1n) is 8.06. The van der Waals surface area contributed by atoms with Crippen LogP contribution in [0.15, 0.2) is 17.2 Å². The Kier molecular flexibility index (Phi) is 4.64. The average Bonchev–Trinajstić information content (AvgIpc) is 3.07. The third kappa shape index (κ3) is 3.27. The summed E-state index contributed by atoms with van der Waals surface area (Å²) in [5.41, 5.74) is -0.191. The number of hydrogen-bond acceptors (Lipinski definition) is 6. The van der Waals surface area contributed by atoms with Crippen LogP contribution in [0.3, 0.4) is 0 Å². The van der Waals surface area contributed by atoms with Crippen LogP contribution in [0.2, 0.25) is 5.02 Å². The van der Waals surface area contributed by atoms with E-state index >= 15 is 0 Å². The van der Waals surface area contributed by atoms with E-state index in [4.69, 9.17) is 11.6 Å². The lowest BCUT2D eigenvalue weighted by atomic mass is 10.3. The van der Waals surface area contributed by atoms with E-state index in [9.17, 15) is 21.6 Å². The van der Waals surface area contributed by atoms with Crippen LogP contribution in [0.1, 0.15) is 30.0 Å². The maximum absolute atomic E-state index is 13.1. The lowest BCUT2D eigenvalue weighted by Crippen LogP contribution is -2.38. The number of halogens is 4. The van der Waals surface area contributed by atoms with Gasteiger partial charge in [0.05, 0.1) is 21.8 Å². The molecule has 4 rings (SSSR count). The summed E-state index contributed by atoms with van der Waals surface area (Å²) in [5.74, 6) is 0.141. The monoisotopic (exact) mass is 451 g/mol. The van der Waals surface area contributed by atoms with Crippen molar-refractivity contribution in [2.24, 2.45) is 0 Å². The molecule has 28 heavy (non-hydrogen) atoms. The van der Waals surface area contributed by atoms with Crippen molar-refractivity contribution in [2.75, 3.05) is 6.67 Å². The van der Waals surface area contributed by atoms with E-state index in [1.807, 2.05) is 0 Å². The van der Waals surface area contributed by atoms with Crippen molar-refractivity contribution in [1.82, 2.24) is 24.3 Å². The maximum Gasteiger partial charge on any atom is 0.291 e. The molecule has 1 fully saturated rings. The second-order valence-corrected chi connectivity index (χ2v) is 9.63. The molecule has 1 saturated carbocycles. The fraction of sp³-hybridized carbons (Fsp3) is 0.400. The van der Waals surface area contributed by atoms with E-state index in [0.717, 1.165) is 0 Å². The molecule has 3 heterocycles. The summed E-state index contributed by atoms with van der Waals surface area (Å²) < 4.78 is 67.9. The summed E-state index contributed by atoms with van der Waals surface area (Å²) in [5, 5.41) is 6.88. The smallest absolute Gasteiger partial charge is 0.291 e. The number of aryl methyl sites for hydroxylation is 1. The molecule has 0 radical (unpaired) electrons. The molecule has 0 atom stereocenters. The number of alkyl halides is 3. The van der Waals surface area contributed by atoms with E-state index in [2.05, 4.69) is 19.9 Å². The van der Waals surface area contributed by atoms with Gasteiger partial charge in [0.15, 0.2) is 15.8 Å². The van der Waals surface area contributed by atoms with E-state index in [-0.39, 0.29) is 20.8 Å². The van der Waals surface area contributed by atoms with Crippen LogP contribution >= 0.6 is 22.9 Å². The summed E-state index contributed by atoms with van der Waals surface area (Å²) in [6, 6.07) is 1.25. The first-order valence-corrected chi connectivity index (χ1v) is 10.7. The van der Waals surface area contributed by atoms with Gasteiger partial charge < -0.3 is 0 Å². The molecule has 1 aliphatic rings. The van der Waals surface area contributed by atoms with Crippen LogP contribution in [-0.4, -0.2) is 40.2 Å². The Morgan fingerprint density at radius 1 is 1.39 bits per heavy atom. The van der Waals surface area contributed by atoms with Gasteiger partial charge in [0.2, 0.25) is 10.0 Å². The zero-order valence-electron chi connectivity index (χ0n) is 14.3. The Labute approximate surface area is 166 Å². The van der Waals surface area contributed by atoms with Gasteiger partial charge in [0.1, 0.15) is 11.6 Å². The number of fused-ring (bicyclic) bond motifs is 1. The minimum atomic E-state index is -4.06. The zero-order valence-corrected chi connectivity index (χ0v) is 16.7. The molecule has 1 aliphatic carbocycles. The van der Waals surface area contributed by atoms with Crippen molar-refractivity contribution in [3.63, 3.8) is 0 Å². The van der Waals surface area contributed by atoms with E-state index in [1.54, 1.807) is 6.92 Å². The maximum atomic E-state index is 13.1. The SMILES string of the molecule is Cc1nc(-c2nnc(C(F)F)s2)n2cc(S(=O)(=O)NC3(CF)CC3)cc(Cl)c12. The normalized spacial score (nSPS) is 16.2. The molecule has 0 aromatic carbocycles. The van der Waals surface area contributed by atoms with Crippen LogP contribution in [0.25, 0.3) is 16.3 Å². The molecule has 3 aromatic heterocycles. The largest absolute Gasteiger partial charge is 0.295 e. The molecular weight excluding hydrogens is 439 g/mol. The molecule has 1 N–H and O–H groups in total. The third-order valence-corrected chi connectivity index (χ3v) is 7.19. The second kappa shape index (κ2) is 6.65. The Bertz CT molecular complexity index is 1170. The van der Waals surface area contributed by atoms with Gasteiger partial charge in [-0.2, -0.15) is 0 Å². The van der Waals surface area contributed by atoms with Crippen molar-refractivity contribution in [3.8, 4) is 10.8 Å². The average molecular weight is 452 g/mol. The molecule has 0 unspecified atom stereocenters. The Hall–Kier alpha value is -1.76. The van der Waals surface area contributed by atoms with Crippen molar-refractivity contribution in [2.45, 2.75) is 36.6 Å². The molecule has 0 saturated heterocycles. The molecule has 0 spiro atoms. The van der Waals surface area contributed by atoms with E-state index < -0.39 is 33.7 Å². The molecular formula is C15H13ClF3N5O2S2. The van der Waals surface area contributed by atoms with Gasteiger partial charge in [-0.05, 0) is 25.8 Å². The van der Waals surface area contributed by atoms with Crippen molar-refractivity contribution < 1.29 is 21.6 Å². The summed E-state index contributed by atoms with van der Waals surface area (Å²) in [4.78, 5) is 4.09. The van der Waals surface area contributed by atoms with Crippen molar-refractivity contribution >= 4 is 38.5 Å². The number of nitrogens with zero attached hydrogens (tertiary/aromatic N) is 4. The summed E-state index contributed by atoms with van der Waals surface area (Å²) in [7, 11) is -4.06. The highest BCUT2D eigenvalue weighted by Gasteiger charge is 2.46. The number of aromatic nitrogens is 4. The van der Waals surface area contributed by atoms with Gasteiger partial charge >= 0.3 is 0 Å². The number of rotatable bonds is 6. The van der Waals surface area contributed by atoms with Gasteiger partial charge in [-0.3, -0.25) is 4.40 Å². The number of sulfonamides is 1. The van der Waals surface area contributed by atoms with Crippen molar-refractivity contribution in [3.05, 3.63) is 28.0 Å². The fourth-order valence-electron chi connectivity index (χ4n) is 2.79. The van der Waals surface area contributed by atoms with Gasteiger partial charge in [-0.15, -0.1) is 10.2 Å². The summed E-state index contributed by atoms with van der Waals surface area (Å²) >= 11 is 6.92. The predicted molar refractivity (Wildman–Crippen MR) is 97.1 cm³/mol. The topological polar surface area (TPSA) is 89.2 Å². The Morgan fingerprint density at radius 3 is 2.68 bits per heavy atom. The van der Waals surface area contributed by atoms with Crippen molar-refractivity contribution in [1.29, 1.82) is 0 Å². The van der Waals surface area contributed by atoms with E-state index in [1.165, 1.54) is 16.7 Å². The minimum Gasteiger partial charge on any atom is -0.295 e. The summed E-state index contributed by atoms with van der Waals surface area (Å²) in [6.45, 7) is 0.841. The lowest BCUT2D eigenvalue weighted by Gasteiger charge is -2.14. The van der Waals surface area contributed by atoms with Crippen LogP contribution < -0.4 is 4.72 Å². The Morgan fingerprint density at radius 2 is 2.11 bits per heavy atom. The summed E-state index contributed by atoms with van der Waals surface area (Å²) in [6.07, 6.45) is -0.695. The highest BCUT2D eigenvalue weighted by Crippen LogP contribution is 2.38. The quantitative estimate of drug-likeness (QED) is 0.619. The molecule has 3 aromatic rings. The predicted octanol–water partition coefficient (Wildman–Crippen LogP) is 3.53. The molecule has 150 valence electrons. The lowest BCUT2D eigenvalue weighted by molar-refractivity contribution is 0.150. The standard InChI is InChI=1S/C15H13ClF3N5O2S2/c1-7-10-9(16)4-8(28(25,26)23-15(6-17)2-3-15)5-24(10)12(20-7)14-22-21-13(27-14)11(18)19/h4-5,11,23H,2-3,6H2,1H3. The van der Waals surface area contributed by atoms with Gasteiger partial charge in [0.25, 0.3) is 6.43 Å². The van der Waals surface area contributed by atoms with Crippen LogP contribution in [0, 0.1) is 6.92 Å². The van der Waals surface area contributed by atoms with E-state index in [0.29, 0.717) is 35.4 Å². The molecule has 7 nitrogen and oxygen atoms in total. The number of imidazole rings is 1. The first-order chi connectivity index (χ1) is 13.2. The zero-order chi connectivity index (χ0) is 20.3. The Balaban J connectivity index is 1.85. The fourth-order valence-corrected chi connectivity index (χ4v) is 5.35. The van der Waals surface area contributed by atoms with Gasteiger partial charge in [0, 0.05) is 6.20 Å². The van der Waals surface area contributed by atoms with Crippen LogP contribution in [-0.2, 0) is 10.0 Å². The number of nitrogens with one attached hydrogen (secondary N) is 1. The molecule has 13 heteroatoms. The van der Waals surface area contributed by atoms with Crippen LogP contribution in [0.5, 0.6) is 0 Å².